The van der Waals surface area contributed by atoms with E-state index in [1.54, 1.807) is 0 Å². The van der Waals surface area contributed by atoms with Gasteiger partial charge in [0.15, 0.2) is 0 Å². The van der Waals surface area contributed by atoms with Crippen LogP contribution in [-0.4, -0.2) is 30.1 Å². The molecule has 2 rings (SSSR count). The maximum atomic E-state index is 5.88. The molecule has 0 aliphatic carbocycles. The largest absolute Gasteiger partial charge is 0.327 e. The third-order valence-electron chi connectivity index (χ3n) is 2.85. The van der Waals surface area contributed by atoms with Gasteiger partial charge in [-0.05, 0) is 25.8 Å². The van der Waals surface area contributed by atoms with Gasteiger partial charge in [0.1, 0.15) is 0 Å². The Balaban J connectivity index is 1.93. The van der Waals surface area contributed by atoms with Crippen LogP contribution >= 0.6 is 0 Å². The second kappa shape index (κ2) is 2.51. The molecule has 0 bridgehead atoms. The van der Waals surface area contributed by atoms with E-state index in [9.17, 15) is 0 Å². The molecule has 2 fully saturated rings. The normalized spacial score (nSPS) is 41.7. The molecule has 1 unspecified atom stereocenters. The van der Waals surface area contributed by atoms with E-state index in [1.165, 1.54) is 32.2 Å². The fourth-order valence-corrected chi connectivity index (χ4v) is 2.07. The summed E-state index contributed by atoms with van der Waals surface area (Å²) in [5.74, 6) is 0. The number of nitrogens with zero attached hydrogens (tertiary/aromatic N) is 1. The van der Waals surface area contributed by atoms with Gasteiger partial charge in [-0.15, -0.1) is 0 Å². The smallest absolute Gasteiger partial charge is 0.0167 e. The zero-order chi connectivity index (χ0) is 6.97. The van der Waals surface area contributed by atoms with E-state index in [1.807, 2.05) is 0 Å². The van der Waals surface area contributed by atoms with Gasteiger partial charge in [0, 0.05) is 18.6 Å². The highest BCUT2D eigenvalue weighted by Crippen LogP contribution is 2.25. The van der Waals surface area contributed by atoms with Crippen LogP contribution in [0.4, 0.5) is 0 Å². The highest BCUT2D eigenvalue weighted by atomic mass is 15.2. The van der Waals surface area contributed by atoms with Gasteiger partial charge in [-0.2, -0.15) is 0 Å². The summed E-state index contributed by atoms with van der Waals surface area (Å²) >= 11 is 0. The van der Waals surface area contributed by atoms with Crippen LogP contribution in [0.1, 0.15) is 25.7 Å². The molecule has 0 aromatic carbocycles. The van der Waals surface area contributed by atoms with Crippen LogP contribution in [0.15, 0.2) is 0 Å². The van der Waals surface area contributed by atoms with Gasteiger partial charge in [0.2, 0.25) is 0 Å². The monoisotopic (exact) mass is 140 g/mol. The summed E-state index contributed by atoms with van der Waals surface area (Å²) < 4.78 is 0. The third-order valence-corrected chi connectivity index (χ3v) is 2.85. The molecule has 0 amide bonds. The number of nitrogens with two attached hydrogens (primary N) is 1. The summed E-state index contributed by atoms with van der Waals surface area (Å²) in [7, 11) is 0. The Morgan fingerprint density at radius 2 is 2.10 bits per heavy atom. The van der Waals surface area contributed by atoms with E-state index >= 15 is 0 Å². The minimum atomic E-state index is 0.463. The third kappa shape index (κ3) is 1.06. The second-order valence-corrected chi connectivity index (χ2v) is 3.63. The van der Waals surface area contributed by atoms with Crippen molar-refractivity contribution in [2.24, 2.45) is 5.73 Å². The van der Waals surface area contributed by atoms with Crippen LogP contribution in [0.25, 0.3) is 0 Å². The number of rotatable bonds is 0. The molecule has 0 aromatic heterocycles. The van der Waals surface area contributed by atoms with Crippen molar-refractivity contribution in [3.05, 3.63) is 0 Å². The molecule has 2 saturated heterocycles. The van der Waals surface area contributed by atoms with Crippen LogP contribution in [-0.2, 0) is 0 Å². The van der Waals surface area contributed by atoms with Crippen LogP contribution in [0.2, 0.25) is 0 Å². The molecule has 2 heteroatoms. The molecular weight excluding hydrogens is 124 g/mol. The maximum Gasteiger partial charge on any atom is 0.0167 e. The highest BCUT2D eigenvalue weighted by Gasteiger charge is 2.30. The number of hydrogen-bond donors (Lipinski definition) is 1. The van der Waals surface area contributed by atoms with Gasteiger partial charge in [0.25, 0.3) is 0 Å². The van der Waals surface area contributed by atoms with Gasteiger partial charge in [-0.3, -0.25) is 4.90 Å². The minimum absolute atomic E-state index is 0.463. The Kier molecular flexibility index (Phi) is 1.66. The van der Waals surface area contributed by atoms with E-state index in [0.29, 0.717) is 6.04 Å². The average molecular weight is 140 g/mol. The molecule has 10 heavy (non-hydrogen) atoms. The Labute approximate surface area is 62.4 Å². The predicted molar refractivity (Wildman–Crippen MR) is 41.8 cm³/mol. The first-order valence-electron chi connectivity index (χ1n) is 4.36. The molecule has 2 nitrogen and oxygen atoms in total. The molecule has 2 aliphatic rings. The Morgan fingerprint density at radius 1 is 1.20 bits per heavy atom. The van der Waals surface area contributed by atoms with Gasteiger partial charge >= 0.3 is 0 Å². The fourth-order valence-electron chi connectivity index (χ4n) is 2.07. The van der Waals surface area contributed by atoms with Crippen LogP contribution in [0.5, 0.6) is 0 Å². The van der Waals surface area contributed by atoms with E-state index in [4.69, 9.17) is 5.73 Å². The molecule has 0 radical (unpaired) electrons. The second-order valence-electron chi connectivity index (χ2n) is 3.63. The Morgan fingerprint density at radius 3 is 2.80 bits per heavy atom. The summed E-state index contributed by atoms with van der Waals surface area (Å²) in [6, 6.07) is 1.37. The first-order chi connectivity index (χ1) is 4.86. The lowest BCUT2D eigenvalue weighted by Gasteiger charge is -2.40. The molecule has 0 saturated carbocycles. The van der Waals surface area contributed by atoms with E-state index in [2.05, 4.69) is 4.90 Å². The standard InChI is InChI=1S/C8H16N2/c9-7-2-1-3-8-4-5-10(8)6-7/h7-8H,1-6,9H2/t7-,8?/m0/s1. The molecule has 2 atom stereocenters. The van der Waals surface area contributed by atoms with Crippen LogP contribution < -0.4 is 5.73 Å². The van der Waals surface area contributed by atoms with Crippen molar-refractivity contribution in [2.45, 2.75) is 37.8 Å². The van der Waals surface area contributed by atoms with E-state index < -0.39 is 0 Å². The SMILES string of the molecule is N[C@H]1CCCC2CCN2C1. The van der Waals surface area contributed by atoms with Gasteiger partial charge in [-0.1, -0.05) is 6.42 Å². The first-order valence-corrected chi connectivity index (χ1v) is 4.36. The fraction of sp³-hybridized carbons (Fsp3) is 1.00. The topological polar surface area (TPSA) is 29.3 Å². The molecular formula is C8H16N2. The van der Waals surface area contributed by atoms with Crippen LogP contribution in [0, 0.1) is 0 Å². The average Bonchev–Trinajstić information content (AvgIpc) is 1.99. The molecule has 2 aliphatic heterocycles. The zero-order valence-electron chi connectivity index (χ0n) is 6.42. The van der Waals surface area contributed by atoms with Crippen molar-refractivity contribution in [3.63, 3.8) is 0 Å². The minimum Gasteiger partial charge on any atom is -0.327 e. The molecule has 2 heterocycles. The summed E-state index contributed by atoms with van der Waals surface area (Å²) in [5.41, 5.74) is 5.88. The predicted octanol–water partition coefficient (Wildman–Crippen LogP) is 0.572. The number of hydrogen-bond acceptors (Lipinski definition) is 2. The van der Waals surface area contributed by atoms with Gasteiger partial charge < -0.3 is 5.73 Å². The Bertz CT molecular complexity index is 124. The van der Waals surface area contributed by atoms with Crippen molar-refractivity contribution < 1.29 is 0 Å². The van der Waals surface area contributed by atoms with Gasteiger partial charge in [0.05, 0.1) is 0 Å². The van der Waals surface area contributed by atoms with Crippen molar-refractivity contribution in [2.75, 3.05) is 13.1 Å². The number of fused-ring (bicyclic) bond motifs is 1. The van der Waals surface area contributed by atoms with Crippen LogP contribution in [0.3, 0.4) is 0 Å². The lowest BCUT2D eigenvalue weighted by atomic mass is 10.00. The van der Waals surface area contributed by atoms with Crippen molar-refractivity contribution in [3.8, 4) is 0 Å². The summed E-state index contributed by atoms with van der Waals surface area (Å²) in [5, 5.41) is 0. The quantitative estimate of drug-likeness (QED) is 0.533. The summed E-state index contributed by atoms with van der Waals surface area (Å²) in [6.45, 7) is 2.46. The van der Waals surface area contributed by atoms with Gasteiger partial charge in [-0.25, -0.2) is 0 Å². The lowest BCUT2D eigenvalue weighted by Crippen LogP contribution is -2.50. The van der Waals surface area contributed by atoms with Crippen molar-refractivity contribution >= 4 is 0 Å². The van der Waals surface area contributed by atoms with Crippen molar-refractivity contribution in [1.82, 2.24) is 4.90 Å². The zero-order valence-corrected chi connectivity index (χ0v) is 6.42. The van der Waals surface area contributed by atoms with Crippen molar-refractivity contribution in [1.29, 1.82) is 0 Å². The lowest BCUT2D eigenvalue weighted by molar-refractivity contribution is 0.0904. The first kappa shape index (κ1) is 6.62. The summed E-state index contributed by atoms with van der Waals surface area (Å²) in [4.78, 5) is 2.54. The van der Waals surface area contributed by atoms with E-state index in [-0.39, 0.29) is 0 Å². The maximum absolute atomic E-state index is 5.88. The molecule has 2 N–H and O–H groups in total. The molecule has 58 valence electrons. The molecule has 0 spiro atoms. The summed E-state index contributed by atoms with van der Waals surface area (Å²) in [6.07, 6.45) is 5.41. The molecule has 0 aromatic rings. The van der Waals surface area contributed by atoms with E-state index in [0.717, 1.165) is 12.6 Å². The Hall–Kier alpha value is -0.0800. The highest BCUT2D eigenvalue weighted by molar-refractivity contribution is 4.88.